The summed E-state index contributed by atoms with van der Waals surface area (Å²) in [5.74, 6) is 2.20. The van der Waals surface area contributed by atoms with Crippen molar-refractivity contribution in [1.29, 1.82) is 0 Å². The summed E-state index contributed by atoms with van der Waals surface area (Å²) in [6.07, 6.45) is 4.57. The van der Waals surface area contributed by atoms with Gasteiger partial charge in [0.05, 0.1) is 18.6 Å². The molecule has 0 aliphatic carbocycles. The minimum Gasteiger partial charge on any atom is -0.616 e. The average molecular weight is 330 g/mol. The van der Waals surface area contributed by atoms with E-state index in [4.69, 9.17) is 4.98 Å². The number of aromatic nitrogens is 2. The zero-order valence-corrected chi connectivity index (χ0v) is 14.1. The van der Waals surface area contributed by atoms with Crippen LogP contribution in [0, 0.1) is 0 Å². The second-order valence-corrected chi connectivity index (χ2v) is 8.08. The smallest absolute Gasteiger partial charge is 0.226 e. The van der Waals surface area contributed by atoms with Gasteiger partial charge in [0.2, 0.25) is 5.95 Å². The second kappa shape index (κ2) is 6.63. The third-order valence-corrected chi connectivity index (χ3v) is 5.97. The van der Waals surface area contributed by atoms with Crippen molar-refractivity contribution < 1.29 is 4.55 Å². The number of hydrogen-bond acceptors (Lipinski definition) is 5. The lowest BCUT2D eigenvalue weighted by molar-refractivity contribution is 0.331. The van der Waals surface area contributed by atoms with Gasteiger partial charge in [-0.1, -0.05) is 17.2 Å². The topological polar surface area (TPSA) is 55.3 Å². The van der Waals surface area contributed by atoms with Crippen LogP contribution in [-0.4, -0.2) is 57.1 Å². The first-order valence-corrected chi connectivity index (χ1v) is 9.85. The lowest BCUT2D eigenvalue weighted by Gasteiger charge is -2.28. The van der Waals surface area contributed by atoms with Gasteiger partial charge in [0.1, 0.15) is 11.5 Å². The van der Waals surface area contributed by atoms with E-state index >= 15 is 0 Å². The van der Waals surface area contributed by atoms with Gasteiger partial charge in [0, 0.05) is 18.1 Å². The van der Waals surface area contributed by atoms with Crippen LogP contribution in [0.15, 0.2) is 24.4 Å². The number of fused-ring (bicyclic) bond motifs is 1. The molecule has 6 heteroatoms. The fraction of sp³-hybridized carbons (Fsp3) is 0.529. The van der Waals surface area contributed by atoms with Gasteiger partial charge in [-0.25, -0.2) is 9.97 Å². The Hall–Kier alpha value is -1.37. The summed E-state index contributed by atoms with van der Waals surface area (Å²) >= 11 is -0.670. The van der Waals surface area contributed by atoms with Crippen LogP contribution in [0.25, 0.3) is 10.9 Å². The summed E-state index contributed by atoms with van der Waals surface area (Å²) in [5.41, 5.74) is 2.33. The first-order chi connectivity index (χ1) is 11.3. The van der Waals surface area contributed by atoms with E-state index in [-0.39, 0.29) is 0 Å². The van der Waals surface area contributed by atoms with Crippen LogP contribution in [0.3, 0.4) is 0 Å². The molecule has 23 heavy (non-hydrogen) atoms. The first-order valence-electron chi connectivity index (χ1n) is 8.36. The first kappa shape index (κ1) is 15.2. The highest BCUT2D eigenvalue weighted by atomic mass is 32.2. The number of anilines is 1. The highest BCUT2D eigenvalue weighted by molar-refractivity contribution is 7.91. The van der Waals surface area contributed by atoms with Crippen molar-refractivity contribution in [3.05, 3.63) is 30.0 Å². The molecule has 0 unspecified atom stereocenters. The second-order valence-electron chi connectivity index (χ2n) is 6.38. The van der Waals surface area contributed by atoms with Gasteiger partial charge >= 0.3 is 0 Å². The number of likely N-dealkylation sites (tertiary alicyclic amines) is 1. The van der Waals surface area contributed by atoms with E-state index < -0.39 is 11.2 Å². The fourth-order valence-electron chi connectivity index (χ4n) is 3.36. The van der Waals surface area contributed by atoms with Crippen molar-refractivity contribution in [1.82, 2.24) is 14.9 Å². The molecule has 0 radical (unpaired) electrons. The van der Waals surface area contributed by atoms with Crippen LogP contribution in [0.2, 0.25) is 0 Å². The zero-order chi connectivity index (χ0) is 15.6. The summed E-state index contributed by atoms with van der Waals surface area (Å²) in [6, 6.07) is 6.50. The Morgan fingerprint density at radius 1 is 1.09 bits per heavy atom. The van der Waals surface area contributed by atoms with Crippen molar-refractivity contribution in [3.8, 4) is 0 Å². The molecule has 122 valence electrons. The van der Waals surface area contributed by atoms with Gasteiger partial charge in [-0.3, -0.25) is 4.90 Å². The molecular formula is C17H22N4OS. The van der Waals surface area contributed by atoms with Crippen LogP contribution in [0.1, 0.15) is 18.4 Å². The number of benzene rings is 1. The molecule has 5 nitrogen and oxygen atoms in total. The van der Waals surface area contributed by atoms with Crippen molar-refractivity contribution in [2.45, 2.75) is 19.4 Å². The molecule has 0 saturated carbocycles. The lowest BCUT2D eigenvalue weighted by Crippen LogP contribution is -2.41. The van der Waals surface area contributed by atoms with Crippen LogP contribution in [0.5, 0.6) is 0 Å². The molecule has 0 spiro atoms. The molecule has 0 N–H and O–H groups in total. The molecule has 1 aromatic heterocycles. The summed E-state index contributed by atoms with van der Waals surface area (Å²) < 4.78 is 11.5. The maximum absolute atomic E-state index is 11.5. The predicted octanol–water partition coefficient (Wildman–Crippen LogP) is 1.79. The van der Waals surface area contributed by atoms with E-state index in [1.54, 1.807) is 0 Å². The summed E-state index contributed by atoms with van der Waals surface area (Å²) in [6.45, 7) is 5.01. The molecule has 2 fully saturated rings. The fourth-order valence-corrected chi connectivity index (χ4v) is 4.41. The Kier molecular flexibility index (Phi) is 4.37. The van der Waals surface area contributed by atoms with E-state index in [9.17, 15) is 4.55 Å². The summed E-state index contributed by atoms with van der Waals surface area (Å²) in [4.78, 5) is 13.9. The highest BCUT2D eigenvalue weighted by Gasteiger charge is 2.21. The Labute approximate surface area is 139 Å². The largest absolute Gasteiger partial charge is 0.616 e. The van der Waals surface area contributed by atoms with E-state index in [0.29, 0.717) is 0 Å². The van der Waals surface area contributed by atoms with Gasteiger partial charge in [-0.05, 0) is 43.6 Å². The molecule has 0 bridgehead atoms. The molecule has 0 amide bonds. The maximum Gasteiger partial charge on any atom is 0.226 e. The Bertz CT molecular complexity index is 681. The van der Waals surface area contributed by atoms with Crippen LogP contribution in [-0.2, 0) is 17.7 Å². The number of rotatable bonds is 3. The van der Waals surface area contributed by atoms with Gasteiger partial charge in [-0.2, -0.15) is 0 Å². The molecule has 2 aromatic rings. The van der Waals surface area contributed by atoms with Gasteiger partial charge in [0.25, 0.3) is 0 Å². The molecule has 1 aromatic carbocycles. The third-order valence-electron chi connectivity index (χ3n) is 4.70. The van der Waals surface area contributed by atoms with Gasteiger partial charge < -0.3 is 9.45 Å². The average Bonchev–Trinajstić information content (AvgIpc) is 3.08. The van der Waals surface area contributed by atoms with Crippen LogP contribution in [0.4, 0.5) is 5.95 Å². The Morgan fingerprint density at radius 2 is 1.87 bits per heavy atom. The molecule has 2 aliphatic heterocycles. The van der Waals surface area contributed by atoms with Crippen molar-refractivity contribution in [3.63, 3.8) is 0 Å². The Balaban J connectivity index is 1.52. The molecule has 2 saturated heterocycles. The zero-order valence-electron chi connectivity index (χ0n) is 13.3. The maximum atomic E-state index is 11.5. The normalized spacial score (nSPS) is 20.5. The van der Waals surface area contributed by atoms with Crippen molar-refractivity contribution >= 4 is 28.0 Å². The molecule has 3 heterocycles. The minimum atomic E-state index is -0.670. The van der Waals surface area contributed by atoms with Crippen molar-refractivity contribution in [2.75, 3.05) is 42.6 Å². The number of nitrogens with zero attached hydrogens (tertiary/aromatic N) is 4. The minimum absolute atomic E-state index is 0.670. The summed E-state index contributed by atoms with van der Waals surface area (Å²) in [7, 11) is 0. The molecule has 2 aliphatic rings. The predicted molar refractivity (Wildman–Crippen MR) is 94.1 cm³/mol. The third kappa shape index (κ3) is 3.44. The molecular weight excluding hydrogens is 308 g/mol. The molecule has 0 atom stereocenters. The standard InChI is InChI=1S/C17H22N4OS/c22-23-9-7-21(8-10-23)17-18-12-15-11-14(3-4-16(15)19-17)13-20-5-1-2-6-20/h3-4,11-12H,1-2,5-10,13H2. The Morgan fingerprint density at radius 3 is 2.65 bits per heavy atom. The number of hydrogen-bond donors (Lipinski definition) is 0. The monoisotopic (exact) mass is 330 g/mol. The summed E-state index contributed by atoms with van der Waals surface area (Å²) in [5, 5.41) is 1.10. The SMILES string of the molecule is [O-][S+]1CCN(c2ncc3cc(CN4CCCC4)ccc3n2)CC1. The van der Waals surface area contributed by atoms with E-state index in [0.717, 1.165) is 48.0 Å². The van der Waals surface area contributed by atoms with Gasteiger partial charge in [-0.15, -0.1) is 0 Å². The quantitative estimate of drug-likeness (QED) is 0.803. The van der Waals surface area contributed by atoms with E-state index in [1.165, 1.54) is 31.5 Å². The highest BCUT2D eigenvalue weighted by Crippen LogP contribution is 2.20. The van der Waals surface area contributed by atoms with Crippen molar-refractivity contribution in [2.24, 2.45) is 0 Å². The van der Waals surface area contributed by atoms with E-state index in [2.05, 4.69) is 33.0 Å². The van der Waals surface area contributed by atoms with E-state index in [1.807, 2.05) is 6.20 Å². The lowest BCUT2D eigenvalue weighted by atomic mass is 10.1. The molecule has 4 rings (SSSR count). The van der Waals surface area contributed by atoms with Crippen LogP contribution >= 0.6 is 0 Å². The van der Waals surface area contributed by atoms with Crippen LogP contribution < -0.4 is 4.90 Å². The van der Waals surface area contributed by atoms with Gasteiger partial charge in [0.15, 0.2) is 0 Å².